The summed E-state index contributed by atoms with van der Waals surface area (Å²) in [6.45, 7) is 1.58. The molecule has 1 saturated heterocycles. The fourth-order valence-corrected chi connectivity index (χ4v) is 4.15. The van der Waals surface area contributed by atoms with Crippen LogP contribution in [0.15, 0.2) is 78.8 Å². The van der Waals surface area contributed by atoms with Crippen molar-refractivity contribution in [1.82, 2.24) is 25.5 Å². The van der Waals surface area contributed by atoms with E-state index < -0.39 is 24.1 Å². The molecule has 2 aliphatic heterocycles. The fourth-order valence-electron chi connectivity index (χ4n) is 4.15. The largest absolute Gasteiger partial charge is 0.439 e. The Morgan fingerprint density at radius 2 is 1.87 bits per heavy atom. The van der Waals surface area contributed by atoms with Gasteiger partial charge >= 0.3 is 0 Å². The monoisotopic (exact) mass is 518 g/mol. The Bertz CT molecular complexity index is 1300. The van der Waals surface area contributed by atoms with E-state index in [1.165, 1.54) is 12.1 Å². The molecule has 3 aromatic rings. The predicted octanol–water partition coefficient (Wildman–Crippen LogP) is 2.91. The van der Waals surface area contributed by atoms with Crippen LogP contribution in [0.5, 0.6) is 11.6 Å². The number of carbonyl (C=O) groups excluding carboxylic acids is 2. The van der Waals surface area contributed by atoms with Crippen LogP contribution in [-0.4, -0.2) is 52.2 Å². The molecule has 4 heterocycles. The second-order valence-electron chi connectivity index (χ2n) is 8.88. The number of nitrogens with zero attached hydrogens (tertiary/aromatic N) is 3. The van der Waals surface area contributed by atoms with Crippen molar-refractivity contribution in [2.24, 2.45) is 0 Å². The number of hydrogen-bond acceptors (Lipinski definition) is 8. The first-order valence-electron chi connectivity index (χ1n) is 12.3. The number of amides is 2. The maximum Gasteiger partial charge on any atom is 0.261 e. The van der Waals surface area contributed by atoms with Gasteiger partial charge in [-0.05, 0) is 60.9 Å². The first-order valence-corrected chi connectivity index (χ1v) is 12.3. The molecule has 2 aromatic heterocycles. The molecule has 196 valence electrons. The molecule has 0 saturated carbocycles. The number of carbonyl (C=O) groups is 2. The molecule has 0 spiro atoms. The quantitative estimate of drug-likeness (QED) is 0.308. The minimum Gasteiger partial charge on any atom is -0.439 e. The summed E-state index contributed by atoms with van der Waals surface area (Å²) in [6.07, 6.45) is 5.75. The van der Waals surface area contributed by atoms with Crippen molar-refractivity contribution < 1.29 is 23.5 Å². The summed E-state index contributed by atoms with van der Waals surface area (Å²) >= 11 is 0. The smallest absolute Gasteiger partial charge is 0.261 e. The van der Waals surface area contributed by atoms with Crippen LogP contribution in [-0.2, 0) is 20.9 Å². The zero-order chi connectivity index (χ0) is 26.3. The van der Waals surface area contributed by atoms with Gasteiger partial charge in [-0.25, -0.2) is 0 Å². The van der Waals surface area contributed by atoms with Crippen LogP contribution in [0.3, 0.4) is 0 Å². The normalized spacial score (nSPS) is 17.8. The van der Waals surface area contributed by atoms with Crippen LogP contribution >= 0.6 is 0 Å². The van der Waals surface area contributed by atoms with Crippen molar-refractivity contribution in [2.75, 3.05) is 18.5 Å². The summed E-state index contributed by atoms with van der Waals surface area (Å²) in [6, 6.07) is 15.0. The van der Waals surface area contributed by atoms with Crippen LogP contribution in [0.4, 0.5) is 10.1 Å². The van der Waals surface area contributed by atoms with E-state index in [9.17, 15) is 14.0 Å². The summed E-state index contributed by atoms with van der Waals surface area (Å²) < 4.78 is 24.3. The van der Waals surface area contributed by atoms with Gasteiger partial charge in [0.15, 0.2) is 6.29 Å². The number of aromatic nitrogens is 2. The molecule has 38 heavy (non-hydrogen) atoms. The second kappa shape index (κ2) is 11.7. The van der Waals surface area contributed by atoms with Crippen molar-refractivity contribution in [2.45, 2.75) is 31.7 Å². The third-order valence-corrected chi connectivity index (χ3v) is 6.12. The molecule has 10 nitrogen and oxygen atoms in total. The Labute approximate surface area is 218 Å². The van der Waals surface area contributed by atoms with E-state index in [1.54, 1.807) is 48.9 Å². The summed E-state index contributed by atoms with van der Waals surface area (Å²) in [5.74, 6) is -0.903. The van der Waals surface area contributed by atoms with Crippen LogP contribution in [0.1, 0.15) is 18.4 Å². The van der Waals surface area contributed by atoms with Crippen LogP contribution in [0.2, 0.25) is 0 Å². The number of anilines is 1. The van der Waals surface area contributed by atoms with Gasteiger partial charge < -0.3 is 30.3 Å². The minimum absolute atomic E-state index is 0.0299. The van der Waals surface area contributed by atoms with Crippen molar-refractivity contribution in [3.8, 4) is 11.6 Å². The van der Waals surface area contributed by atoms with E-state index in [0.29, 0.717) is 44.0 Å². The van der Waals surface area contributed by atoms with Gasteiger partial charge in [0.1, 0.15) is 11.3 Å². The van der Waals surface area contributed by atoms with Gasteiger partial charge in [0, 0.05) is 56.1 Å². The van der Waals surface area contributed by atoms with Crippen molar-refractivity contribution in [1.29, 1.82) is 0 Å². The molecule has 11 heteroatoms. The zero-order valence-electron chi connectivity index (χ0n) is 20.5. The number of halogens is 1. The summed E-state index contributed by atoms with van der Waals surface area (Å²) in [4.78, 5) is 35.5. The Morgan fingerprint density at radius 1 is 1.11 bits per heavy atom. The number of ether oxygens (including phenoxy) is 2. The number of benzene rings is 1. The molecule has 0 aliphatic carbocycles. The molecule has 1 atom stereocenters. The molecule has 3 N–H and O–H groups in total. The SMILES string of the molecule is O=C(NC1CCOCC1)C1=CN(Cc2ccncc2)C(Nc2ccc(Oc3cccc(F)n3)cc2)NC1=O. The highest BCUT2D eigenvalue weighted by atomic mass is 19.1. The van der Waals surface area contributed by atoms with E-state index in [4.69, 9.17) is 9.47 Å². The standard InChI is InChI=1S/C27H27FN6O4/c28-23-2-1-3-24(32-23)38-21-6-4-19(5-7-21)31-27-33-26(36)22(25(35)30-20-10-14-37-15-11-20)17-34(27)16-18-8-12-29-13-9-18/h1-9,12-13,17,20,27,31H,10-11,14-16H2,(H,30,35)(H,33,36). The summed E-state index contributed by atoms with van der Waals surface area (Å²) in [5, 5.41) is 9.11. The molecule has 1 fully saturated rings. The van der Waals surface area contributed by atoms with E-state index in [2.05, 4.69) is 25.9 Å². The van der Waals surface area contributed by atoms with Crippen LogP contribution < -0.4 is 20.7 Å². The average Bonchev–Trinajstić information content (AvgIpc) is 2.92. The summed E-state index contributed by atoms with van der Waals surface area (Å²) in [5.41, 5.74) is 1.68. The number of rotatable bonds is 8. The first-order chi connectivity index (χ1) is 18.5. The average molecular weight is 519 g/mol. The van der Waals surface area contributed by atoms with Crippen molar-refractivity contribution >= 4 is 17.5 Å². The topological polar surface area (TPSA) is 118 Å². The zero-order valence-corrected chi connectivity index (χ0v) is 20.5. The highest BCUT2D eigenvalue weighted by Crippen LogP contribution is 2.23. The molecule has 2 aliphatic rings. The molecular weight excluding hydrogens is 491 g/mol. The third-order valence-electron chi connectivity index (χ3n) is 6.12. The lowest BCUT2D eigenvalue weighted by Crippen LogP contribution is -2.56. The molecule has 1 aromatic carbocycles. The van der Waals surface area contributed by atoms with Crippen LogP contribution in [0, 0.1) is 5.95 Å². The maximum atomic E-state index is 13.3. The first kappa shape index (κ1) is 25.2. The van der Waals surface area contributed by atoms with Gasteiger partial charge in [-0.15, -0.1) is 0 Å². The lowest BCUT2D eigenvalue weighted by Gasteiger charge is -2.36. The minimum atomic E-state index is -0.632. The van der Waals surface area contributed by atoms with Gasteiger partial charge in [0.2, 0.25) is 11.8 Å². The Kier molecular flexibility index (Phi) is 7.74. The number of pyridine rings is 2. The van der Waals surface area contributed by atoms with E-state index in [0.717, 1.165) is 5.56 Å². The van der Waals surface area contributed by atoms with E-state index >= 15 is 0 Å². The van der Waals surface area contributed by atoms with Gasteiger partial charge in [0.25, 0.3) is 11.8 Å². The van der Waals surface area contributed by atoms with Gasteiger partial charge in [-0.1, -0.05) is 6.07 Å². The lowest BCUT2D eigenvalue weighted by atomic mass is 10.1. The number of nitrogens with one attached hydrogen (secondary N) is 3. The Morgan fingerprint density at radius 3 is 2.61 bits per heavy atom. The van der Waals surface area contributed by atoms with Crippen LogP contribution in [0.25, 0.3) is 0 Å². The lowest BCUT2D eigenvalue weighted by molar-refractivity contribution is -0.126. The second-order valence-corrected chi connectivity index (χ2v) is 8.88. The summed E-state index contributed by atoms with van der Waals surface area (Å²) in [7, 11) is 0. The highest BCUT2D eigenvalue weighted by Gasteiger charge is 2.31. The number of hydrogen-bond donors (Lipinski definition) is 3. The molecular formula is C27H27FN6O4. The molecule has 5 rings (SSSR count). The Hall–Kier alpha value is -4.51. The van der Waals surface area contributed by atoms with Gasteiger partial charge in [-0.2, -0.15) is 9.37 Å². The molecule has 0 bridgehead atoms. The van der Waals surface area contributed by atoms with Crippen molar-refractivity contribution in [3.05, 3.63) is 90.3 Å². The fraction of sp³-hybridized carbons (Fsp3) is 0.259. The van der Waals surface area contributed by atoms with Crippen molar-refractivity contribution in [3.63, 3.8) is 0 Å². The highest BCUT2D eigenvalue weighted by molar-refractivity contribution is 6.18. The maximum absolute atomic E-state index is 13.3. The van der Waals surface area contributed by atoms with E-state index in [-0.39, 0.29) is 17.5 Å². The molecule has 2 amide bonds. The Balaban J connectivity index is 1.31. The predicted molar refractivity (Wildman–Crippen MR) is 136 cm³/mol. The van der Waals surface area contributed by atoms with E-state index in [1.807, 2.05) is 17.0 Å². The molecule has 0 radical (unpaired) electrons. The molecule has 1 unspecified atom stereocenters. The van der Waals surface area contributed by atoms with Gasteiger partial charge in [0.05, 0.1) is 0 Å². The van der Waals surface area contributed by atoms with Gasteiger partial charge in [-0.3, -0.25) is 14.6 Å². The third kappa shape index (κ3) is 6.43.